The second-order valence-corrected chi connectivity index (χ2v) is 6.67. The van der Waals surface area contributed by atoms with Gasteiger partial charge in [-0.3, -0.25) is 9.78 Å². The summed E-state index contributed by atoms with van der Waals surface area (Å²) in [6.45, 7) is 2.05. The lowest BCUT2D eigenvalue weighted by molar-refractivity contribution is 0.102. The summed E-state index contributed by atoms with van der Waals surface area (Å²) >= 11 is 7.54. The number of benzene rings is 1. The van der Waals surface area contributed by atoms with Gasteiger partial charge >= 0.3 is 0 Å². The quantitative estimate of drug-likeness (QED) is 0.533. The molecule has 0 aliphatic carbocycles. The van der Waals surface area contributed by atoms with Crippen LogP contribution in [0.15, 0.2) is 60.1 Å². The molecular formula is C18H15ClN4OS. The lowest BCUT2D eigenvalue weighted by Gasteiger charge is -2.07. The number of amides is 1. The fourth-order valence-electron chi connectivity index (χ4n) is 2.16. The molecule has 3 rings (SSSR count). The van der Waals surface area contributed by atoms with Crippen LogP contribution in [0.1, 0.15) is 21.6 Å². The van der Waals surface area contributed by atoms with E-state index >= 15 is 0 Å². The fraction of sp³-hybridized carbons (Fsp3) is 0.111. The van der Waals surface area contributed by atoms with Crippen molar-refractivity contribution in [1.82, 2.24) is 15.0 Å². The molecule has 2 heterocycles. The van der Waals surface area contributed by atoms with Crippen molar-refractivity contribution < 1.29 is 4.79 Å². The third-order valence-electron chi connectivity index (χ3n) is 3.31. The van der Waals surface area contributed by atoms with Crippen LogP contribution in [0.25, 0.3) is 0 Å². The largest absolute Gasteiger partial charge is 0.319 e. The monoisotopic (exact) mass is 370 g/mol. The Labute approximate surface area is 154 Å². The van der Waals surface area contributed by atoms with Crippen LogP contribution < -0.4 is 5.32 Å². The second-order valence-electron chi connectivity index (χ2n) is 5.32. The predicted molar refractivity (Wildman–Crippen MR) is 100.0 cm³/mol. The summed E-state index contributed by atoms with van der Waals surface area (Å²) in [6, 6.07) is 11.7. The number of carbonyl (C=O) groups excluding carboxylic acids is 1. The fourth-order valence-corrected chi connectivity index (χ4v) is 3.09. The first-order chi connectivity index (χ1) is 12.1. The van der Waals surface area contributed by atoms with Crippen LogP contribution in [-0.2, 0) is 5.75 Å². The SMILES string of the molecule is Cc1cccc(CSc2ncc(Cl)c(C(=O)Nc3cccnc3)n2)c1. The van der Waals surface area contributed by atoms with Crippen LogP contribution >= 0.6 is 23.4 Å². The van der Waals surface area contributed by atoms with Crippen LogP contribution in [0.2, 0.25) is 5.02 Å². The highest BCUT2D eigenvalue weighted by Gasteiger charge is 2.15. The van der Waals surface area contributed by atoms with Crippen LogP contribution in [0.3, 0.4) is 0 Å². The van der Waals surface area contributed by atoms with Crippen LogP contribution in [0.4, 0.5) is 5.69 Å². The van der Waals surface area contributed by atoms with Crippen molar-refractivity contribution in [3.8, 4) is 0 Å². The smallest absolute Gasteiger partial charge is 0.276 e. The topological polar surface area (TPSA) is 67.8 Å². The maximum absolute atomic E-state index is 12.4. The maximum Gasteiger partial charge on any atom is 0.276 e. The molecule has 1 aromatic carbocycles. The molecule has 5 nitrogen and oxygen atoms in total. The zero-order valence-electron chi connectivity index (χ0n) is 13.4. The van der Waals surface area contributed by atoms with E-state index in [0.717, 1.165) is 0 Å². The van der Waals surface area contributed by atoms with E-state index in [0.29, 0.717) is 16.6 Å². The lowest BCUT2D eigenvalue weighted by atomic mass is 10.2. The van der Waals surface area contributed by atoms with Gasteiger partial charge in [-0.2, -0.15) is 0 Å². The molecule has 0 unspecified atom stereocenters. The Hall–Kier alpha value is -2.44. The number of rotatable bonds is 5. The molecule has 25 heavy (non-hydrogen) atoms. The van der Waals surface area contributed by atoms with Crippen LogP contribution in [0.5, 0.6) is 0 Å². The van der Waals surface area contributed by atoms with E-state index in [4.69, 9.17) is 11.6 Å². The van der Waals surface area contributed by atoms with Gasteiger partial charge in [0.1, 0.15) is 0 Å². The normalized spacial score (nSPS) is 10.5. The summed E-state index contributed by atoms with van der Waals surface area (Å²) in [4.78, 5) is 24.8. The van der Waals surface area contributed by atoms with E-state index in [9.17, 15) is 4.79 Å². The molecule has 1 amide bonds. The summed E-state index contributed by atoms with van der Waals surface area (Å²) in [7, 11) is 0. The van der Waals surface area contributed by atoms with E-state index in [1.165, 1.54) is 29.1 Å². The highest BCUT2D eigenvalue weighted by molar-refractivity contribution is 7.98. The molecule has 3 aromatic rings. The Morgan fingerprint density at radius 1 is 1.24 bits per heavy atom. The molecule has 0 aliphatic rings. The molecular weight excluding hydrogens is 356 g/mol. The Morgan fingerprint density at radius 2 is 2.12 bits per heavy atom. The Bertz CT molecular complexity index is 889. The van der Waals surface area contributed by atoms with Gasteiger partial charge in [0.25, 0.3) is 5.91 Å². The van der Waals surface area contributed by atoms with E-state index in [1.54, 1.807) is 24.5 Å². The zero-order chi connectivity index (χ0) is 17.6. The molecule has 0 atom stereocenters. The number of halogens is 1. The van der Waals surface area contributed by atoms with Gasteiger partial charge in [0, 0.05) is 11.9 Å². The van der Waals surface area contributed by atoms with Gasteiger partial charge < -0.3 is 5.32 Å². The Morgan fingerprint density at radius 3 is 2.88 bits per heavy atom. The number of aromatic nitrogens is 3. The summed E-state index contributed by atoms with van der Waals surface area (Å²) in [5, 5.41) is 3.43. The molecule has 0 spiro atoms. The van der Waals surface area contributed by atoms with Crippen molar-refractivity contribution in [2.75, 3.05) is 5.32 Å². The molecule has 0 fully saturated rings. The van der Waals surface area contributed by atoms with Gasteiger partial charge in [0.15, 0.2) is 10.9 Å². The zero-order valence-corrected chi connectivity index (χ0v) is 15.0. The number of thioether (sulfide) groups is 1. The average Bonchev–Trinajstić information content (AvgIpc) is 2.62. The van der Waals surface area contributed by atoms with Crippen LogP contribution in [-0.4, -0.2) is 20.9 Å². The summed E-state index contributed by atoms with van der Waals surface area (Å²) in [6.07, 6.45) is 4.64. The van der Waals surface area contributed by atoms with Crippen molar-refractivity contribution in [2.24, 2.45) is 0 Å². The molecule has 0 saturated carbocycles. The molecule has 0 bridgehead atoms. The van der Waals surface area contributed by atoms with Gasteiger partial charge in [-0.15, -0.1) is 0 Å². The van der Waals surface area contributed by atoms with Gasteiger partial charge in [-0.05, 0) is 24.6 Å². The molecule has 0 saturated heterocycles. The van der Waals surface area contributed by atoms with Gasteiger partial charge in [-0.25, -0.2) is 9.97 Å². The van der Waals surface area contributed by atoms with Crippen molar-refractivity contribution in [3.63, 3.8) is 0 Å². The highest BCUT2D eigenvalue weighted by Crippen LogP contribution is 2.23. The highest BCUT2D eigenvalue weighted by atomic mass is 35.5. The molecule has 0 aliphatic heterocycles. The molecule has 126 valence electrons. The minimum absolute atomic E-state index is 0.146. The summed E-state index contributed by atoms with van der Waals surface area (Å²) < 4.78 is 0. The van der Waals surface area contributed by atoms with Crippen LogP contribution in [0, 0.1) is 6.92 Å². The number of hydrogen-bond donors (Lipinski definition) is 1. The number of aryl methyl sites for hydroxylation is 1. The minimum atomic E-state index is -0.391. The van der Waals surface area contributed by atoms with Gasteiger partial charge in [0.05, 0.1) is 23.1 Å². The van der Waals surface area contributed by atoms with E-state index in [-0.39, 0.29) is 10.7 Å². The Kier molecular flexibility index (Phi) is 5.63. The van der Waals surface area contributed by atoms with E-state index < -0.39 is 5.91 Å². The van der Waals surface area contributed by atoms with Crippen molar-refractivity contribution >= 4 is 35.0 Å². The number of hydrogen-bond acceptors (Lipinski definition) is 5. The summed E-state index contributed by atoms with van der Waals surface area (Å²) in [5.74, 6) is 0.324. The third kappa shape index (κ3) is 4.78. The van der Waals surface area contributed by atoms with E-state index in [2.05, 4.69) is 26.3 Å². The minimum Gasteiger partial charge on any atom is -0.319 e. The number of anilines is 1. The first kappa shape index (κ1) is 17.4. The Balaban J connectivity index is 1.72. The number of nitrogens with zero attached hydrogens (tertiary/aromatic N) is 3. The van der Waals surface area contributed by atoms with Crippen molar-refractivity contribution in [3.05, 3.63) is 76.8 Å². The molecule has 0 radical (unpaired) electrons. The molecule has 2 aromatic heterocycles. The van der Waals surface area contributed by atoms with Gasteiger partial charge in [0.2, 0.25) is 0 Å². The number of pyridine rings is 1. The predicted octanol–water partition coefficient (Wildman–Crippen LogP) is 4.38. The second kappa shape index (κ2) is 8.09. The third-order valence-corrected chi connectivity index (χ3v) is 4.52. The van der Waals surface area contributed by atoms with Crippen molar-refractivity contribution in [2.45, 2.75) is 17.8 Å². The van der Waals surface area contributed by atoms with Gasteiger partial charge in [-0.1, -0.05) is 53.2 Å². The standard InChI is InChI=1S/C18H15ClN4OS/c1-12-4-2-5-13(8-12)11-25-18-21-10-15(19)16(23-18)17(24)22-14-6-3-7-20-9-14/h2-10H,11H2,1H3,(H,22,24). The first-order valence-electron chi connectivity index (χ1n) is 7.54. The lowest BCUT2D eigenvalue weighted by Crippen LogP contribution is -2.15. The molecule has 7 heteroatoms. The first-order valence-corrected chi connectivity index (χ1v) is 8.90. The average molecular weight is 371 g/mol. The summed E-state index contributed by atoms with van der Waals surface area (Å²) in [5.41, 5.74) is 3.10. The maximum atomic E-state index is 12.4. The number of nitrogens with one attached hydrogen (secondary N) is 1. The van der Waals surface area contributed by atoms with E-state index in [1.807, 2.05) is 25.1 Å². The number of carbonyl (C=O) groups is 1. The molecule has 1 N–H and O–H groups in total. The van der Waals surface area contributed by atoms with Crippen molar-refractivity contribution in [1.29, 1.82) is 0 Å².